The lowest BCUT2D eigenvalue weighted by atomic mass is 10.2. The van der Waals surface area contributed by atoms with Gasteiger partial charge in [0.25, 0.3) is 0 Å². The molecule has 1 unspecified atom stereocenters. The van der Waals surface area contributed by atoms with Gasteiger partial charge in [-0.05, 0) is 34.1 Å². The van der Waals surface area contributed by atoms with E-state index in [9.17, 15) is 9.18 Å². The van der Waals surface area contributed by atoms with Crippen molar-refractivity contribution < 1.29 is 9.18 Å². The van der Waals surface area contributed by atoms with Crippen LogP contribution in [0.4, 0.5) is 10.1 Å². The Labute approximate surface area is 118 Å². The first-order chi connectivity index (χ1) is 8.65. The predicted octanol–water partition coefficient (Wildman–Crippen LogP) is 2.62. The van der Waals surface area contributed by atoms with Gasteiger partial charge in [-0.2, -0.15) is 11.8 Å². The van der Waals surface area contributed by atoms with Crippen LogP contribution in [0.1, 0.15) is 6.42 Å². The second kappa shape index (κ2) is 6.54. The lowest BCUT2D eigenvalue weighted by Gasteiger charge is -2.22. The van der Waals surface area contributed by atoms with Crippen molar-refractivity contribution in [2.75, 3.05) is 23.4 Å². The Morgan fingerprint density at radius 1 is 1.61 bits per heavy atom. The minimum absolute atomic E-state index is 0.0864. The summed E-state index contributed by atoms with van der Waals surface area (Å²) < 4.78 is 13.7. The Hall–Kier alpha value is -0.590. The molecular weight excluding hydrogens is 319 g/mol. The topological polar surface area (TPSA) is 41.1 Å². The lowest BCUT2D eigenvalue weighted by Crippen LogP contribution is -2.39. The van der Waals surface area contributed by atoms with Crippen LogP contribution in [0.3, 0.4) is 0 Å². The second-order valence-electron chi connectivity index (χ2n) is 4.11. The number of carbonyl (C=O) groups excluding carboxylic acids is 1. The van der Waals surface area contributed by atoms with Gasteiger partial charge in [-0.25, -0.2) is 4.39 Å². The molecule has 0 aromatic heterocycles. The van der Waals surface area contributed by atoms with Gasteiger partial charge in [0.05, 0.1) is 4.47 Å². The molecule has 0 radical (unpaired) electrons. The van der Waals surface area contributed by atoms with Gasteiger partial charge in [0.2, 0.25) is 5.91 Å². The summed E-state index contributed by atoms with van der Waals surface area (Å²) in [5.41, 5.74) is 0.490. The van der Waals surface area contributed by atoms with E-state index in [-0.39, 0.29) is 17.8 Å². The van der Waals surface area contributed by atoms with E-state index < -0.39 is 0 Å². The zero-order chi connectivity index (χ0) is 13.0. The number of amides is 1. The van der Waals surface area contributed by atoms with Crippen molar-refractivity contribution in [1.82, 2.24) is 5.32 Å². The van der Waals surface area contributed by atoms with Crippen LogP contribution in [0.15, 0.2) is 22.7 Å². The Morgan fingerprint density at radius 3 is 3.11 bits per heavy atom. The van der Waals surface area contributed by atoms with Gasteiger partial charge in [0, 0.05) is 36.2 Å². The highest BCUT2D eigenvalue weighted by Crippen LogP contribution is 2.19. The van der Waals surface area contributed by atoms with Crippen molar-refractivity contribution in [1.29, 1.82) is 0 Å². The summed E-state index contributed by atoms with van der Waals surface area (Å²) in [5.74, 6) is 1.58. The van der Waals surface area contributed by atoms with E-state index >= 15 is 0 Å². The summed E-state index contributed by atoms with van der Waals surface area (Å²) in [5, 5.41) is 6.00. The molecule has 1 heterocycles. The van der Waals surface area contributed by atoms with Crippen molar-refractivity contribution in [3.63, 3.8) is 0 Å². The number of thioether (sulfide) groups is 1. The van der Waals surface area contributed by atoms with E-state index in [1.54, 1.807) is 12.1 Å². The van der Waals surface area contributed by atoms with Crippen LogP contribution in [-0.4, -0.2) is 30.0 Å². The van der Waals surface area contributed by atoms with Gasteiger partial charge in [-0.1, -0.05) is 0 Å². The lowest BCUT2D eigenvalue weighted by molar-refractivity contribution is -0.116. The standard InChI is InChI=1S/C12H14BrFN2OS/c13-10-2-1-8(5-11(10)14)16-12(17)6-9-7-18-4-3-15-9/h1-2,5,9,15H,3-4,6-7H2,(H,16,17). The molecule has 1 aliphatic rings. The normalized spacial score (nSPS) is 19.6. The molecule has 1 amide bonds. The molecule has 3 nitrogen and oxygen atoms in total. The van der Waals surface area contributed by atoms with Crippen molar-refractivity contribution in [3.8, 4) is 0 Å². The first-order valence-electron chi connectivity index (χ1n) is 5.71. The molecule has 1 atom stereocenters. The number of halogens is 2. The third-order valence-electron chi connectivity index (χ3n) is 2.63. The van der Waals surface area contributed by atoms with Gasteiger partial charge in [0.15, 0.2) is 0 Å². The van der Waals surface area contributed by atoms with Crippen molar-refractivity contribution >= 4 is 39.3 Å². The van der Waals surface area contributed by atoms with Crippen LogP contribution in [-0.2, 0) is 4.79 Å². The molecule has 2 N–H and O–H groups in total. The zero-order valence-electron chi connectivity index (χ0n) is 9.71. The molecule has 0 bridgehead atoms. The number of benzene rings is 1. The first kappa shape index (κ1) is 13.8. The third kappa shape index (κ3) is 3.96. The number of nitrogens with one attached hydrogen (secondary N) is 2. The number of rotatable bonds is 3. The Balaban J connectivity index is 1.88. The molecule has 98 valence electrons. The summed E-state index contributed by atoms with van der Waals surface area (Å²) in [4.78, 5) is 11.8. The highest BCUT2D eigenvalue weighted by molar-refractivity contribution is 9.10. The summed E-state index contributed by atoms with van der Waals surface area (Å²) in [6.45, 7) is 0.940. The molecule has 1 aromatic rings. The maximum atomic E-state index is 13.3. The van der Waals surface area contributed by atoms with Gasteiger partial charge >= 0.3 is 0 Å². The van der Waals surface area contributed by atoms with E-state index in [2.05, 4.69) is 26.6 Å². The van der Waals surface area contributed by atoms with Crippen LogP contribution < -0.4 is 10.6 Å². The van der Waals surface area contributed by atoms with Gasteiger partial charge in [-0.15, -0.1) is 0 Å². The van der Waals surface area contributed by atoms with Gasteiger partial charge in [0.1, 0.15) is 5.82 Å². The Bertz CT molecular complexity index is 438. The number of hydrogen-bond acceptors (Lipinski definition) is 3. The Kier molecular flexibility index (Phi) is 5.03. The highest BCUT2D eigenvalue weighted by Gasteiger charge is 2.16. The van der Waals surface area contributed by atoms with Crippen LogP contribution in [0.5, 0.6) is 0 Å². The SMILES string of the molecule is O=C(CC1CSCCN1)Nc1ccc(Br)c(F)c1. The predicted molar refractivity (Wildman–Crippen MR) is 76.5 cm³/mol. The van der Waals surface area contributed by atoms with Crippen molar-refractivity contribution in [2.24, 2.45) is 0 Å². The van der Waals surface area contributed by atoms with Crippen LogP contribution in [0.2, 0.25) is 0 Å². The fourth-order valence-electron chi connectivity index (χ4n) is 1.76. The Morgan fingerprint density at radius 2 is 2.44 bits per heavy atom. The second-order valence-corrected chi connectivity index (χ2v) is 6.11. The fraction of sp³-hybridized carbons (Fsp3) is 0.417. The molecule has 1 fully saturated rings. The van der Waals surface area contributed by atoms with E-state index in [0.29, 0.717) is 16.6 Å². The van der Waals surface area contributed by atoms with Crippen LogP contribution in [0, 0.1) is 5.82 Å². The molecule has 1 aromatic carbocycles. The summed E-state index contributed by atoms with van der Waals surface area (Å²) in [7, 11) is 0. The molecule has 18 heavy (non-hydrogen) atoms. The molecule has 1 aliphatic heterocycles. The quantitative estimate of drug-likeness (QED) is 0.894. The van der Waals surface area contributed by atoms with E-state index in [0.717, 1.165) is 18.1 Å². The maximum absolute atomic E-state index is 13.3. The molecule has 2 rings (SSSR count). The molecule has 0 spiro atoms. The summed E-state index contributed by atoms with van der Waals surface area (Å²) >= 11 is 4.92. The molecule has 1 saturated heterocycles. The zero-order valence-corrected chi connectivity index (χ0v) is 12.1. The van der Waals surface area contributed by atoms with Crippen LogP contribution >= 0.6 is 27.7 Å². The third-order valence-corrected chi connectivity index (χ3v) is 4.41. The van der Waals surface area contributed by atoms with E-state index in [4.69, 9.17) is 0 Å². The first-order valence-corrected chi connectivity index (χ1v) is 7.66. The molecule has 0 aliphatic carbocycles. The monoisotopic (exact) mass is 332 g/mol. The highest BCUT2D eigenvalue weighted by atomic mass is 79.9. The molecule has 0 saturated carbocycles. The van der Waals surface area contributed by atoms with E-state index in [1.165, 1.54) is 6.07 Å². The smallest absolute Gasteiger partial charge is 0.225 e. The maximum Gasteiger partial charge on any atom is 0.225 e. The molecule has 6 heteroatoms. The molecular formula is C12H14BrFN2OS. The average molecular weight is 333 g/mol. The fourth-order valence-corrected chi connectivity index (χ4v) is 2.96. The van der Waals surface area contributed by atoms with Crippen molar-refractivity contribution in [3.05, 3.63) is 28.5 Å². The largest absolute Gasteiger partial charge is 0.326 e. The average Bonchev–Trinajstić information content (AvgIpc) is 2.35. The van der Waals surface area contributed by atoms with E-state index in [1.807, 2.05) is 11.8 Å². The summed E-state index contributed by atoms with van der Waals surface area (Å²) in [6, 6.07) is 4.78. The van der Waals surface area contributed by atoms with Crippen molar-refractivity contribution in [2.45, 2.75) is 12.5 Å². The minimum atomic E-state index is -0.376. The van der Waals surface area contributed by atoms with Gasteiger partial charge < -0.3 is 10.6 Å². The number of hydrogen-bond donors (Lipinski definition) is 2. The summed E-state index contributed by atoms with van der Waals surface area (Å²) in [6.07, 6.45) is 0.421. The van der Waals surface area contributed by atoms with Gasteiger partial charge in [-0.3, -0.25) is 4.79 Å². The van der Waals surface area contributed by atoms with Crippen LogP contribution in [0.25, 0.3) is 0 Å². The number of anilines is 1. The number of carbonyl (C=O) groups is 1. The minimum Gasteiger partial charge on any atom is -0.326 e.